The lowest BCUT2D eigenvalue weighted by Crippen LogP contribution is -2.44. The van der Waals surface area contributed by atoms with E-state index in [9.17, 15) is 32.5 Å². The zero-order valence-electron chi connectivity index (χ0n) is 28.5. The van der Waals surface area contributed by atoms with Crippen molar-refractivity contribution in [1.29, 1.82) is 0 Å². The van der Waals surface area contributed by atoms with Gasteiger partial charge in [0.1, 0.15) is 12.4 Å². The number of likely N-dealkylation sites (N-methyl/N-ethyl adjacent to an activating group) is 1. The van der Waals surface area contributed by atoms with E-state index in [1.165, 1.54) is 17.0 Å². The molecular formula is C33H44F2N5O8PS. The molecule has 2 saturated heterocycles. The highest BCUT2D eigenvalue weighted by molar-refractivity contribution is 7.52. The minimum atomic E-state index is -5.60. The van der Waals surface area contributed by atoms with Gasteiger partial charge >= 0.3 is 13.3 Å². The first-order chi connectivity index (χ1) is 23.4. The molecular weight excluding hydrogens is 695 g/mol. The molecule has 0 spiro atoms. The number of benzene rings is 2. The first-order valence-electron chi connectivity index (χ1n) is 15.8. The molecule has 4 amide bonds. The summed E-state index contributed by atoms with van der Waals surface area (Å²) in [4.78, 5) is 69.5. The quantitative estimate of drug-likeness (QED) is 0.216. The van der Waals surface area contributed by atoms with E-state index in [1.807, 2.05) is 43.3 Å². The van der Waals surface area contributed by atoms with Crippen LogP contribution in [0.1, 0.15) is 47.8 Å². The van der Waals surface area contributed by atoms with E-state index in [0.717, 1.165) is 80.2 Å². The predicted octanol–water partition coefficient (Wildman–Crippen LogP) is 4.07. The fraction of sp³-hybridized carbons (Fsp3) is 0.455. The Hall–Kier alpha value is -3.95. The van der Waals surface area contributed by atoms with E-state index >= 15 is 0 Å². The summed E-state index contributed by atoms with van der Waals surface area (Å²) in [7, 11) is 0.126. The van der Waals surface area contributed by atoms with Gasteiger partial charge in [0.2, 0.25) is 18.2 Å². The predicted molar refractivity (Wildman–Crippen MR) is 187 cm³/mol. The van der Waals surface area contributed by atoms with Gasteiger partial charge in [0.15, 0.2) is 0 Å². The number of carbonyl (C=O) groups is 4. The van der Waals surface area contributed by atoms with E-state index in [0.29, 0.717) is 30.3 Å². The molecule has 17 heteroatoms. The third kappa shape index (κ3) is 11.0. The highest BCUT2D eigenvalue weighted by Crippen LogP contribution is 2.59. The minimum absolute atomic E-state index is 0.0919. The average molecular weight is 740 g/mol. The molecule has 50 heavy (non-hydrogen) atoms. The minimum Gasteiger partial charge on any atom is -0.492 e. The number of thiophene rings is 1. The lowest BCUT2D eigenvalue weighted by molar-refractivity contribution is -0.136. The van der Waals surface area contributed by atoms with E-state index in [1.54, 1.807) is 18.9 Å². The number of rotatable bonds is 9. The smallest absolute Gasteiger partial charge is 0.399 e. The maximum Gasteiger partial charge on any atom is 0.399 e. The number of fused-ring (bicyclic) bond motifs is 2. The largest absolute Gasteiger partial charge is 0.492 e. The van der Waals surface area contributed by atoms with Crippen LogP contribution in [0.15, 0.2) is 48.5 Å². The van der Waals surface area contributed by atoms with Crippen LogP contribution in [0.4, 0.5) is 14.5 Å². The zero-order chi connectivity index (χ0) is 37.2. The second kappa shape index (κ2) is 17.8. The number of hydrogen-bond donors (Lipinski definition) is 3. The Morgan fingerprint density at radius 3 is 2.34 bits per heavy atom. The molecule has 0 unspecified atom stereocenters. The van der Waals surface area contributed by atoms with Gasteiger partial charge in [-0.2, -0.15) is 8.78 Å². The fourth-order valence-electron chi connectivity index (χ4n) is 5.27. The van der Waals surface area contributed by atoms with Crippen LogP contribution in [-0.2, 0) is 24.6 Å². The molecule has 0 saturated carbocycles. The van der Waals surface area contributed by atoms with Crippen molar-refractivity contribution < 1.29 is 47.0 Å². The van der Waals surface area contributed by atoms with Gasteiger partial charge < -0.3 is 39.9 Å². The number of hydrogen-bond acceptors (Lipinski definition) is 8. The Balaban J connectivity index is 0.000000204. The van der Waals surface area contributed by atoms with E-state index in [2.05, 4.69) is 4.90 Å². The lowest BCUT2D eigenvalue weighted by Gasteiger charge is -2.31. The molecule has 1 atom stereocenters. The number of anilines is 1. The van der Waals surface area contributed by atoms with Crippen LogP contribution in [0.25, 0.3) is 10.1 Å². The number of alkyl halides is 2. The van der Waals surface area contributed by atoms with Crippen LogP contribution in [-0.4, -0.2) is 109 Å². The van der Waals surface area contributed by atoms with Crippen molar-refractivity contribution >= 4 is 58.8 Å². The van der Waals surface area contributed by atoms with Gasteiger partial charge in [0.25, 0.3) is 5.91 Å². The lowest BCUT2D eigenvalue weighted by atomic mass is 10.1. The van der Waals surface area contributed by atoms with Gasteiger partial charge in [-0.1, -0.05) is 6.07 Å². The van der Waals surface area contributed by atoms with Gasteiger partial charge in [-0.3, -0.25) is 23.7 Å². The summed E-state index contributed by atoms with van der Waals surface area (Å²) in [6.45, 7) is 5.45. The van der Waals surface area contributed by atoms with Gasteiger partial charge in [-0.25, -0.2) is 0 Å². The van der Waals surface area contributed by atoms with Gasteiger partial charge in [-0.05, 0) is 81.2 Å². The first kappa shape index (κ1) is 40.5. The van der Waals surface area contributed by atoms with E-state index < -0.39 is 24.7 Å². The summed E-state index contributed by atoms with van der Waals surface area (Å²) < 4.78 is 43.8. The molecule has 4 N–H and O–H groups in total. The summed E-state index contributed by atoms with van der Waals surface area (Å²) in [6, 6.07) is 12.3. The highest BCUT2D eigenvalue weighted by atomic mass is 32.1. The number of carbonyl (C=O) groups excluding carboxylic acids is 4. The molecule has 5 rings (SSSR count). The molecule has 1 aromatic heterocycles. The van der Waals surface area contributed by atoms with Crippen LogP contribution >= 0.6 is 18.9 Å². The average Bonchev–Trinajstić information content (AvgIpc) is 3.70. The van der Waals surface area contributed by atoms with Crippen molar-refractivity contribution in [2.24, 2.45) is 5.73 Å². The Morgan fingerprint density at radius 1 is 1.08 bits per heavy atom. The number of primary amides is 1. The van der Waals surface area contributed by atoms with Crippen LogP contribution in [0, 0.1) is 0 Å². The second-order valence-electron chi connectivity index (χ2n) is 12.1. The molecule has 2 aliphatic rings. The number of halogens is 2. The molecule has 0 radical (unpaired) electrons. The van der Waals surface area contributed by atoms with Crippen molar-refractivity contribution in [3.63, 3.8) is 0 Å². The third-order valence-electron chi connectivity index (χ3n) is 8.15. The maximum atomic E-state index is 13.5. The molecule has 2 aliphatic heterocycles. The molecule has 13 nitrogen and oxygen atoms in total. The van der Waals surface area contributed by atoms with Crippen molar-refractivity contribution in [1.82, 2.24) is 14.7 Å². The highest BCUT2D eigenvalue weighted by Gasteiger charge is 2.50. The summed E-state index contributed by atoms with van der Waals surface area (Å²) >= 11 is 1.02. The van der Waals surface area contributed by atoms with Gasteiger partial charge in [-0.15, -0.1) is 11.3 Å². The van der Waals surface area contributed by atoms with Crippen molar-refractivity contribution in [2.45, 2.75) is 44.3 Å². The van der Waals surface area contributed by atoms with Crippen molar-refractivity contribution in [2.75, 3.05) is 58.8 Å². The van der Waals surface area contributed by atoms with Gasteiger partial charge in [0, 0.05) is 68.6 Å². The van der Waals surface area contributed by atoms with E-state index in [4.69, 9.17) is 20.3 Å². The summed E-state index contributed by atoms with van der Waals surface area (Å²) in [5, 5.41) is 0.282. The summed E-state index contributed by atoms with van der Waals surface area (Å²) in [5.74, 6) is 0.451. The standard InChI is InChI=1S/C12H18N2O2.C11H18N2O2.C10H8F2NO4PS/c1-13(2)8-9-16-12-6-4-11(5-7-12)14(3)10-15;1-9(14)12-7-4-10-3-2-6-13(10)11(15)5-8-12;11-10(12,18(15,16)17)6-1-2-7-5(3-6)4-8(19-7)9(13)14/h4-7,10H,8-9H2,1-3H3;10H,2-8H2,1H3;1-4H,(H2,13,14)(H2,15,16,17)/t;10-;/m.1./s1. The Labute approximate surface area is 293 Å². The van der Waals surface area contributed by atoms with Crippen LogP contribution in [0.3, 0.4) is 0 Å². The monoisotopic (exact) mass is 739 g/mol. The van der Waals surface area contributed by atoms with Crippen LogP contribution in [0.5, 0.6) is 5.75 Å². The molecule has 3 heterocycles. The summed E-state index contributed by atoms with van der Waals surface area (Å²) in [5.41, 5.74) is 0.855. The first-order valence-corrected chi connectivity index (χ1v) is 18.3. The molecule has 0 aliphatic carbocycles. The molecule has 2 aromatic carbocycles. The summed E-state index contributed by atoms with van der Waals surface area (Å²) in [6.07, 6.45) is 4.46. The molecule has 2 fully saturated rings. The van der Waals surface area contributed by atoms with Crippen molar-refractivity contribution in [3.8, 4) is 5.75 Å². The van der Waals surface area contributed by atoms with E-state index in [-0.39, 0.29) is 22.1 Å². The Bertz CT molecular complexity index is 1680. The number of ether oxygens (including phenoxy) is 1. The maximum absolute atomic E-state index is 13.5. The molecule has 274 valence electrons. The SMILES string of the molecule is CC(=O)N1CCC(=O)N2CCC[C@@H]2CC1.CN(C)CCOc1ccc(N(C)C=O)cc1.NC(=O)c1cc2cc(C(F)(F)P(=O)(O)O)ccc2s1. The van der Waals surface area contributed by atoms with Crippen LogP contribution < -0.4 is 15.4 Å². The van der Waals surface area contributed by atoms with Crippen LogP contribution in [0.2, 0.25) is 0 Å². The Morgan fingerprint density at radius 2 is 1.76 bits per heavy atom. The number of amides is 4. The van der Waals surface area contributed by atoms with Crippen molar-refractivity contribution in [3.05, 3.63) is 59.0 Å². The normalized spacial score (nSPS) is 16.3. The zero-order valence-corrected chi connectivity index (χ0v) is 30.2. The second-order valence-corrected chi connectivity index (χ2v) is 14.8. The number of nitrogens with two attached hydrogens (primary N) is 1. The Kier molecular flexibility index (Phi) is 14.4. The molecule has 0 bridgehead atoms. The van der Waals surface area contributed by atoms with Gasteiger partial charge in [0.05, 0.1) is 4.88 Å². The fourth-order valence-corrected chi connectivity index (χ4v) is 6.65. The topological polar surface area (TPSA) is 174 Å². The third-order valence-corrected chi connectivity index (χ3v) is 10.3. The molecule has 3 aromatic rings. The number of nitrogens with zero attached hydrogens (tertiary/aromatic N) is 4.